The summed E-state index contributed by atoms with van der Waals surface area (Å²) in [6.07, 6.45) is 0.731. The second kappa shape index (κ2) is 8.93. The van der Waals surface area contributed by atoms with Gasteiger partial charge in [0.25, 0.3) is 11.6 Å². The third-order valence-electron chi connectivity index (χ3n) is 2.38. The molecular weight excluding hydrogens is 348 g/mol. The monoisotopic (exact) mass is 362 g/mol. The predicted molar refractivity (Wildman–Crippen MR) is 82.2 cm³/mol. The van der Waals surface area contributed by atoms with Gasteiger partial charge in [0.05, 0.1) is 10.5 Å². The molecule has 0 atom stereocenters. The molecule has 0 fully saturated rings. The first-order chi connectivity index (χ1) is 9.56. The molecule has 2 N–H and O–H groups in total. The van der Waals surface area contributed by atoms with Crippen LogP contribution in [0, 0.1) is 10.1 Å². The maximum absolute atomic E-state index is 11.9. The second-order valence-electron chi connectivity index (χ2n) is 3.87. The molecular formula is C12H15BrN2O4S. The number of rotatable bonds is 8. The number of nitro benzene ring substituents is 1. The number of benzene rings is 1. The number of hydrogen-bond donors (Lipinski definition) is 2. The van der Waals surface area contributed by atoms with Crippen LogP contribution < -0.4 is 5.32 Å². The predicted octanol–water partition coefficient (Wildman–Crippen LogP) is 2.20. The van der Waals surface area contributed by atoms with Gasteiger partial charge in [-0.3, -0.25) is 14.9 Å². The van der Waals surface area contributed by atoms with Crippen LogP contribution in [0.3, 0.4) is 0 Å². The molecule has 8 heteroatoms. The van der Waals surface area contributed by atoms with E-state index in [4.69, 9.17) is 5.11 Å². The number of nitrogens with one attached hydrogen (secondary N) is 1. The number of amides is 1. The summed E-state index contributed by atoms with van der Waals surface area (Å²) in [7, 11) is 0. The Morgan fingerprint density at radius 1 is 1.45 bits per heavy atom. The van der Waals surface area contributed by atoms with E-state index in [1.807, 2.05) is 0 Å². The molecule has 0 heterocycles. The van der Waals surface area contributed by atoms with Gasteiger partial charge in [-0.25, -0.2) is 0 Å². The Morgan fingerprint density at radius 2 is 2.20 bits per heavy atom. The van der Waals surface area contributed by atoms with Crippen molar-refractivity contribution < 1.29 is 14.8 Å². The Hall–Kier alpha value is -1.12. The van der Waals surface area contributed by atoms with Crippen molar-refractivity contribution in [2.75, 3.05) is 24.7 Å². The SMILES string of the molecule is O=C(NCCSCCCO)c1cc([N+](=O)[O-])ccc1Br. The van der Waals surface area contributed by atoms with Crippen LogP contribution in [0.25, 0.3) is 0 Å². The summed E-state index contributed by atoms with van der Waals surface area (Å²) < 4.78 is 0.522. The fourth-order valence-electron chi connectivity index (χ4n) is 1.40. The summed E-state index contributed by atoms with van der Waals surface area (Å²) in [5, 5.41) is 22.0. The van der Waals surface area contributed by atoms with Crippen molar-refractivity contribution in [2.24, 2.45) is 0 Å². The van der Waals surface area contributed by atoms with Crippen molar-refractivity contribution in [1.29, 1.82) is 0 Å². The van der Waals surface area contributed by atoms with Gasteiger partial charge < -0.3 is 10.4 Å². The van der Waals surface area contributed by atoms with Crippen molar-refractivity contribution >= 4 is 39.3 Å². The largest absolute Gasteiger partial charge is 0.396 e. The summed E-state index contributed by atoms with van der Waals surface area (Å²) >= 11 is 4.84. The number of non-ortho nitro benzene ring substituents is 1. The van der Waals surface area contributed by atoms with Gasteiger partial charge in [0.2, 0.25) is 0 Å². The number of nitro groups is 1. The molecule has 0 aliphatic heterocycles. The molecule has 0 aromatic heterocycles. The van der Waals surface area contributed by atoms with Crippen LogP contribution in [-0.4, -0.2) is 40.6 Å². The zero-order valence-electron chi connectivity index (χ0n) is 10.7. The second-order valence-corrected chi connectivity index (χ2v) is 5.95. The van der Waals surface area contributed by atoms with Gasteiger partial charge in [-0.05, 0) is 34.2 Å². The Kier molecular flexibility index (Phi) is 7.56. The summed E-state index contributed by atoms with van der Waals surface area (Å²) in [4.78, 5) is 22.1. The van der Waals surface area contributed by atoms with Gasteiger partial charge in [-0.2, -0.15) is 11.8 Å². The lowest BCUT2D eigenvalue weighted by molar-refractivity contribution is -0.384. The molecule has 0 aliphatic carbocycles. The van der Waals surface area contributed by atoms with Gasteiger partial charge in [-0.15, -0.1) is 0 Å². The summed E-state index contributed by atoms with van der Waals surface area (Å²) in [5.74, 6) is 1.23. The van der Waals surface area contributed by atoms with E-state index in [0.717, 1.165) is 17.9 Å². The molecule has 0 unspecified atom stereocenters. The number of carbonyl (C=O) groups excluding carboxylic acids is 1. The Bertz CT molecular complexity index is 485. The smallest absolute Gasteiger partial charge is 0.270 e. The molecule has 0 saturated heterocycles. The quantitative estimate of drug-likeness (QED) is 0.420. The molecule has 0 bridgehead atoms. The summed E-state index contributed by atoms with van der Waals surface area (Å²) in [6.45, 7) is 0.643. The van der Waals surface area contributed by atoms with Gasteiger partial charge in [0, 0.05) is 35.5 Å². The van der Waals surface area contributed by atoms with Gasteiger partial charge in [-0.1, -0.05) is 0 Å². The molecule has 1 rings (SSSR count). The van der Waals surface area contributed by atoms with Crippen LogP contribution in [0.15, 0.2) is 22.7 Å². The normalized spacial score (nSPS) is 10.3. The van der Waals surface area contributed by atoms with Crippen molar-refractivity contribution in [3.05, 3.63) is 38.3 Å². The first-order valence-corrected chi connectivity index (χ1v) is 7.91. The highest BCUT2D eigenvalue weighted by atomic mass is 79.9. The molecule has 110 valence electrons. The molecule has 0 aliphatic rings. The van der Waals surface area contributed by atoms with Crippen molar-refractivity contribution in [1.82, 2.24) is 5.32 Å². The van der Waals surface area contributed by atoms with Crippen molar-refractivity contribution in [3.63, 3.8) is 0 Å². The van der Waals surface area contributed by atoms with E-state index in [0.29, 0.717) is 11.0 Å². The van der Waals surface area contributed by atoms with Crippen LogP contribution >= 0.6 is 27.7 Å². The van der Waals surface area contributed by atoms with Crippen molar-refractivity contribution in [3.8, 4) is 0 Å². The maximum atomic E-state index is 11.9. The first-order valence-electron chi connectivity index (χ1n) is 5.97. The van der Waals surface area contributed by atoms with E-state index >= 15 is 0 Å². The molecule has 0 radical (unpaired) electrons. The average molecular weight is 363 g/mol. The van der Waals surface area contributed by atoms with Gasteiger partial charge >= 0.3 is 0 Å². The Balaban J connectivity index is 2.50. The fourth-order valence-corrected chi connectivity index (χ4v) is 2.61. The van der Waals surface area contributed by atoms with E-state index in [-0.39, 0.29) is 23.8 Å². The van der Waals surface area contributed by atoms with Crippen LogP contribution in [0.5, 0.6) is 0 Å². The highest BCUT2D eigenvalue weighted by Crippen LogP contribution is 2.22. The van der Waals surface area contributed by atoms with Gasteiger partial charge in [0.15, 0.2) is 0 Å². The van der Waals surface area contributed by atoms with Crippen LogP contribution in [0.4, 0.5) is 5.69 Å². The number of carbonyl (C=O) groups is 1. The molecule has 1 aromatic rings. The van der Waals surface area contributed by atoms with Gasteiger partial charge in [0.1, 0.15) is 0 Å². The lowest BCUT2D eigenvalue weighted by atomic mass is 10.2. The lowest BCUT2D eigenvalue weighted by Gasteiger charge is -2.06. The third kappa shape index (κ3) is 5.48. The number of aliphatic hydroxyl groups is 1. The standard InChI is InChI=1S/C12H15BrN2O4S/c13-11-3-2-9(15(18)19)8-10(11)12(17)14-4-7-20-6-1-5-16/h2-3,8,16H,1,4-7H2,(H,14,17). The average Bonchev–Trinajstić information content (AvgIpc) is 2.42. The zero-order chi connectivity index (χ0) is 15.0. The van der Waals surface area contributed by atoms with E-state index in [9.17, 15) is 14.9 Å². The number of nitrogens with zero attached hydrogens (tertiary/aromatic N) is 1. The molecule has 6 nitrogen and oxygen atoms in total. The highest BCUT2D eigenvalue weighted by molar-refractivity contribution is 9.10. The van der Waals surface area contributed by atoms with Crippen molar-refractivity contribution in [2.45, 2.75) is 6.42 Å². The minimum atomic E-state index is -0.534. The molecule has 20 heavy (non-hydrogen) atoms. The Labute approximate surface area is 129 Å². The first kappa shape index (κ1) is 16.9. The highest BCUT2D eigenvalue weighted by Gasteiger charge is 2.14. The van der Waals surface area contributed by atoms with Crippen LogP contribution in [0.2, 0.25) is 0 Å². The molecule has 1 amide bonds. The molecule has 0 spiro atoms. The van der Waals surface area contributed by atoms with E-state index < -0.39 is 4.92 Å². The summed E-state index contributed by atoms with van der Waals surface area (Å²) in [6, 6.07) is 4.08. The topological polar surface area (TPSA) is 92.5 Å². The molecule has 0 saturated carbocycles. The number of thioether (sulfide) groups is 1. The summed E-state index contributed by atoms with van der Waals surface area (Å²) in [5.41, 5.74) is 0.134. The lowest BCUT2D eigenvalue weighted by Crippen LogP contribution is -2.26. The van der Waals surface area contributed by atoms with E-state index in [1.165, 1.54) is 18.2 Å². The minimum absolute atomic E-state index is 0.115. The minimum Gasteiger partial charge on any atom is -0.396 e. The van der Waals surface area contributed by atoms with E-state index in [1.54, 1.807) is 11.8 Å². The number of aliphatic hydroxyl groups excluding tert-OH is 1. The van der Waals surface area contributed by atoms with Crippen LogP contribution in [-0.2, 0) is 0 Å². The number of halogens is 1. The molecule has 1 aromatic carbocycles. The van der Waals surface area contributed by atoms with E-state index in [2.05, 4.69) is 21.2 Å². The fraction of sp³-hybridized carbons (Fsp3) is 0.417. The van der Waals surface area contributed by atoms with Crippen LogP contribution in [0.1, 0.15) is 16.8 Å². The Morgan fingerprint density at radius 3 is 2.85 bits per heavy atom. The zero-order valence-corrected chi connectivity index (χ0v) is 13.1. The number of hydrogen-bond acceptors (Lipinski definition) is 5. The third-order valence-corrected chi connectivity index (χ3v) is 4.15. The maximum Gasteiger partial charge on any atom is 0.270 e.